The standard InChI is InChI=1S/C18H25N5O4/c1-12(21-18(19)25)17(24)20-11-5-3-4-6-15-22-16(23-27-15)13-7-9-14(26-2)10-8-13/h7-10,12H,3-6,11H2,1-2H3,(H,20,24)(H3,19,21,25)/t12-/m1/s1. The van der Waals surface area contributed by atoms with E-state index in [4.69, 9.17) is 15.0 Å². The molecule has 1 heterocycles. The van der Waals surface area contributed by atoms with E-state index in [1.165, 1.54) is 0 Å². The topological polar surface area (TPSA) is 132 Å². The third-order valence-corrected chi connectivity index (χ3v) is 3.94. The Hall–Kier alpha value is -3.10. The monoisotopic (exact) mass is 375 g/mol. The SMILES string of the molecule is COc1ccc(-c2noc(CCCCCNC(=O)[C@@H](C)NC(N)=O)n2)cc1. The number of primary amides is 1. The molecule has 2 aromatic rings. The minimum absolute atomic E-state index is 0.255. The van der Waals surface area contributed by atoms with E-state index in [1.807, 2.05) is 24.3 Å². The number of ether oxygens (including phenoxy) is 1. The fourth-order valence-electron chi connectivity index (χ4n) is 2.44. The van der Waals surface area contributed by atoms with Crippen molar-refractivity contribution < 1.29 is 18.8 Å². The number of nitrogens with zero attached hydrogens (tertiary/aromatic N) is 2. The number of methoxy groups -OCH3 is 1. The molecule has 0 spiro atoms. The van der Waals surface area contributed by atoms with E-state index in [9.17, 15) is 9.59 Å². The first-order chi connectivity index (χ1) is 13.0. The van der Waals surface area contributed by atoms with Crippen LogP contribution in [-0.2, 0) is 11.2 Å². The van der Waals surface area contributed by atoms with Gasteiger partial charge in [0.25, 0.3) is 0 Å². The van der Waals surface area contributed by atoms with Crippen LogP contribution in [0.1, 0.15) is 32.1 Å². The van der Waals surface area contributed by atoms with E-state index in [0.717, 1.165) is 30.6 Å². The van der Waals surface area contributed by atoms with E-state index in [2.05, 4.69) is 20.8 Å². The molecule has 4 N–H and O–H groups in total. The molecule has 0 aliphatic heterocycles. The number of hydrogen-bond donors (Lipinski definition) is 3. The summed E-state index contributed by atoms with van der Waals surface area (Å²) in [4.78, 5) is 26.8. The fourth-order valence-corrected chi connectivity index (χ4v) is 2.44. The van der Waals surface area contributed by atoms with E-state index in [1.54, 1.807) is 14.0 Å². The Morgan fingerprint density at radius 1 is 1.22 bits per heavy atom. The third-order valence-electron chi connectivity index (χ3n) is 3.94. The summed E-state index contributed by atoms with van der Waals surface area (Å²) >= 11 is 0. The van der Waals surface area contributed by atoms with Gasteiger partial charge in [-0.1, -0.05) is 11.6 Å². The Bertz CT molecular complexity index is 744. The van der Waals surface area contributed by atoms with Crippen LogP contribution in [0.25, 0.3) is 11.4 Å². The summed E-state index contributed by atoms with van der Waals surface area (Å²) in [6.45, 7) is 2.11. The van der Waals surface area contributed by atoms with Crippen LogP contribution >= 0.6 is 0 Å². The van der Waals surface area contributed by atoms with Crippen molar-refractivity contribution in [2.45, 2.75) is 38.6 Å². The number of rotatable bonds is 10. The molecule has 0 aliphatic carbocycles. The molecular weight excluding hydrogens is 350 g/mol. The number of unbranched alkanes of at least 4 members (excludes halogenated alkanes) is 2. The zero-order chi connectivity index (χ0) is 19.6. The van der Waals surface area contributed by atoms with Crippen LogP contribution in [0.3, 0.4) is 0 Å². The molecule has 0 saturated carbocycles. The van der Waals surface area contributed by atoms with Crippen molar-refractivity contribution in [3.63, 3.8) is 0 Å². The number of nitrogens with one attached hydrogen (secondary N) is 2. The minimum atomic E-state index is -0.716. The van der Waals surface area contributed by atoms with Crippen molar-refractivity contribution in [1.29, 1.82) is 0 Å². The summed E-state index contributed by atoms with van der Waals surface area (Å²) in [7, 11) is 1.62. The molecular formula is C18H25N5O4. The second-order valence-electron chi connectivity index (χ2n) is 6.07. The molecule has 27 heavy (non-hydrogen) atoms. The smallest absolute Gasteiger partial charge is 0.312 e. The number of benzene rings is 1. The molecule has 0 radical (unpaired) electrons. The first-order valence-electron chi connectivity index (χ1n) is 8.80. The maximum absolute atomic E-state index is 11.7. The second kappa shape index (κ2) is 10.1. The molecule has 1 aromatic carbocycles. The summed E-state index contributed by atoms with van der Waals surface area (Å²) in [5.41, 5.74) is 5.84. The van der Waals surface area contributed by atoms with Gasteiger partial charge >= 0.3 is 6.03 Å². The van der Waals surface area contributed by atoms with Crippen LogP contribution in [0.4, 0.5) is 4.79 Å². The van der Waals surface area contributed by atoms with Crippen LogP contribution in [0.2, 0.25) is 0 Å². The number of nitrogens with two attached hydrogens (primary N) is 1. The number of carbonyl (C=O) groups excluding carboxylic acids is 2. The molecule has 0 aliphatic rings. The molecule has 0 fully saturated rings. The predicted octanol–water partition coefficient (Wildman–Crippen LogP) is 1.63. The highest BCUT2D eigenvalue weighted by Crippen LogP contribution is 2.20. The molecule has 1 aromatic heterocycles. The second-order valence-corrected chi connectivity index (χ2v) is 6.07. The van der Waals surface area contributed by atoms with Crippen LogP contribution in [-0.4, -0.2) is 41.8 Å². The maximum Gasteiger partial charge on any atom is 0.312 e. The Morgan fingerprint density at radius 3 is 2.63 bits per heavy atom. The van der Waals surface area contributed by atoms with Gasteiger partial charge in [0.1, 0.15) is 11.8 Å². The quantitative estimate of drug-likeness (QED) is 0.541. The maximum atomic E-state index is 11.7. The zero-order valence-corrected chi connectivity index (χ0v) is 15.5. The fraction of sp³-hybridized carbons (Fsp3) is 0.444. The Balaban J connectivity index is 1.65. The molecule has 1 atom stereocenters. The lowest BCUT2D eigenvalue weighted by molar-refractivity contribution is -0.122. The molecule has 0 saturated heterocycles. The van der Waals surface area contributed by atoms with Crippen molar-refractivity contribution in [2.24, 2.45) is 5.73 Å². The van der Waals surface area contributed by atoms with Gasteiger partial charge in [0.2, 0.25) is 17.6 Å². The Kier molecular flexibility index (Phi) is 7.60. The van der Waals surface area contributed by atoms with Crippen LogP contribution in [0.5, 0.6) is 5.75 Å². The van der Waals surface area contributed by atoms with Gasteiger partial charge in [-0.2, -0.15) is 4.98 Å². The van der Waals surface area contributed by atoms with Crippen molar-refractivity contribution in [3.05, 3.63) is 30.2 Å². The molecule has 2 rings (SSSR count). The first-order valence-corrected chi connectivity index (χ1v) is 8.80. The number of hydrogen-bond acceptors (Lipinski definition) is 6. The lowest BCUT2D eigenvalue weighted by Gasteiger charge is -2.12. The third kappa shape index (κ3) is 6.61. The predicted molar refractivity (Wildman–Crippen MR) is 99.0 cm³/mol. The first kappa shape index (κ1) is 20.2. The normalized spacial score (nSPS) is 11.6. The molecule has 9 nitrogen and oxygen atoms in total. The van der Waals surface area contributed by atoms with Crippen molar-refractivity contribution in [2.75, 3.05) is 13.7 Å². The van der Waals surface area contributed by atoms with Crippen LogP contribution in [0, 0.1) is 0 Å². The Labute approximate surface area is 157 Å². The van der Waals surface area contributed by atoms with Gasteiger partial charge in [0, 0.05) is 18.5 Å². The number of carbonyl (C=O) groups is 2. The van der Waals surface area contributed by atoms with Gasteiger partial charge in [-0.15, -0.1) is 0 Å². The molecule has 0 unspecified atom stereocenters. The summed E-state index contributed by atoms with van der Waals surface area (Å²) in [6, 6.07) is 6.09. The number of aryl methyl sites for hydroxylation is 1. The molecule has 0 bridgehead atoms. The zero-order valence-electron chi connectivity index (χ0n) is 15.5. The molecule has 146 valence electrons. The summed E-state index contributed by atoms with van der Waals surface area (Å²) in [5, 5.41) is 9.08. The lowest BCUT2D eigenvalue weighted by Crippen LogP contribution is -2.46. The average Bonchev–Trinajstić information content (AvgIpc) is 3.12. The Morgan fingerprint density at radius 2 is 1.96 bits per heavy atom. The van der Waals surface area contributed by atoms with Gasteiger partial charge in [-0.05, 0) is 44.0 Å². The van der Waals surface area contributed by atoms with E-state index >= 15 is 0 Å². The summed E-state index contributed by atoms with van der Waals surface area (Å²) in [5.74, 6) is 1.66. The molecule has 9 heteroatoms. The van der Waals surface area contributed by atoms with Crippen molar-refractivity contribution in [1.82, 2.24) is 20.8 Å². The highest BCUT2D eigenvalue weighted by Gasteiger charge is 2.13. The number of aromatic nitrogens is 2. The lowest BCUT2D eigenvalue weighted by atomic mass is 10.2. The van der Waals surface area contributed by atoms with Gasteiger partial charge in [0.15, 0.2) is 0 Å². The minimum Gasteiger partial charge on any atom is -0.497 e. The highest BCUT2D eigenvalue weighted by molar-refractivity contribution is 5.86. The summed E-state index contributed by atoms with van der Waals surface area (Å²) < 4.78 is 10.4. The van der Waals surface area contributed by atoms with E-state index in [-0.39, 0.29) is 5.91 Å². The van der Waals surface area contributed by atoms with Crippen LogP contribution in [0.15, 0.2) is 28.8 Å². The van der Waals surface area contributed by atoms with Crippen LogP contribution < -0.4 is 21.1 Å². The number of urea groups is 1. The van der Waals surface area contributed by atoms with Gasteiger partial charge < -0.3 is 25.6 Å². The van der Waals surface area contributed by atoms with Crippen molar-refractivity contribution >= 4 is 11.9 Å². The molecule has 3 amide bonds. The average molecular weight is 375 g/mol. The van der Waals surface area contributed by atoms with E-state index < -0.39 is 12.1 Å². The highest BCUT2D eigenvalue weighted by atomic mass is 16.5. The van der Waals surface area contributed by atoms with E-state index in [0.29, 0.717) is 24.7 Å². The number of amides is 3. The van der Waals surface area contributed by atoms with Crippen molar-refractivity contribution in [3.8, 4) is 17.1 Å². The van der Waals surface area contributed by atoms with Gasteiger partial charge in [0.05, 0.1) is 7.11 Å². The largest absolute Gasteiger partial charge is 0.497 e. The van der Waals surface area contributed by atoms with Gasteiger partial charge in [-0.3, -0.25) is 4.79 Å². The van der Waals surface area contributed by atoms with Gasteiger partial charge in [-0.25, -0.2) is 4.79 Å². The summed E-state index contributed by atoms with van der Waals surface area (Å²) in [6.07, 6.45) is 3.26.